The first-order valence-corrected chi connectivity index (χ1v) is 27.8. The molecule has 2 aromatic carbocycles. The smallest absolute Gasteiger partial charge is 0.319 e. The van der Waals surface area contributed by atoms with Crippen LogP contribution in [-0.2, 0) is 0 Å². The van der Waals surface area contributed by atoms with Crippen LogP contribution in [0.3, 0.4) is 0 Å². The van der Waals surface area contributed by atoms with Gasteiger partial charge in [-0.2, -0.15) is 9.97 Å². The standard InChI is InChI=1S/C50H70F3N5O2Si2/c1-31(2)61(32(3)4,33(5)6)24-19-40-43(52)18-17-37-25-39(60-62(34(7)8,35(9)10)36(11)12)26-41(44(37)40)46-45(53)47-42(28-54-46)48(57-21-14-13-15-22-57)56-49(55-47)59-30-50-20-16-23-58(50)29-38(51)27-50/h17-18,25-26,28,31-36,38H,13-16,20-23,27,29-30H2,1-12H3/t38-,50+/m1/s1. The number of fused-ring (bicyclic) bond motifs is 3. The van der Waals surface area contributed by atoms with E-state index in [0.29, 0.717) is 62.9 Å². The molecule has 4 aromatic rings. The molecule has 3 fully saturated rings. The van der Waals surface area contributed by atoms with Crippen LogP contribution in [0.25, 0.3) is 32.9 Å². The molecule has 0 amide bonds. The Balaban J connectivity index is 1.48. The van der Waals surface area contributed by atoms with Crippen molar-refractivity contribution in [1.29, 1.82) is 0 Å². The highest BCUT2D eigenvalue weighted by molar-refractivity contribution is 6.90. The summed E-state index contributed by atoms with van der Waals surface area (Å²) in [6.07, 6.45) is 6.06. The minimum absolute atomic E-state index is 0.0402. The van der Waals surface area contributed by atoms with E-state index in [4.69, 9.17) is 24.1 Å². The van der Waals surface area contributed by atoms with Gasteiger partial charge in [0.1, 0.15) is 49.4 Å². The van der Waals surface area contributed by atoms with Crippen molar-refractivity contribution >= 4 is 43.9 Å². The quantitative estimate of drug-likeness (QED) is 0.0979. The van der Waals surface area contributed by atoms with Crippen molar-refractivity contribution in [2.24, 2.45) is 0 Å². The minimum Gasteiger partial charge on any atom is -0.543 e. The van der Waals surface area contributed by atoms with Crippen molar-refractivity contribution in [3.05, 3.63) is 47.7 Å². The lowest BCUT2D eigenvalue weighted by Crippen LogP contribution is -2.50. The number of hydrogen-bond donors (Lipinski definition) is 0. The molecule has 62 heavy (non-hydrogen) atoms. The summed E-state index contributed by atoms with van der Waals surface area (Å²) in [5.41, 5.74) is 5.96. The van der Waals surface area contributed by atoms with Crippen molar-refractivity contribution in [1.82, 2.24) is 19.9 Å². The van der Waals surface area contributed by atoms with E-state index in [-0.39, 0.29) is 46.0 Å². The third-order valence-electron chi connectivity index (χ3n) is 15.1. The van der Waals surface area contributed by atoms with Crippen LogP contribution in [0.2, 0.25) is 33.2 Å². The number of hydrogen-bond acceptors (Lipinski definition) is 7. The maximum atomic E-state index is 18.0. The van der Waals surface area contributed by atoms with Crippen LogP contribution in [0.15, 0.2) is 30.5 Å². The molecule has 7 nitrogen and oxygen atoms in total. The van der Waals surface area contributed by atoms with Gasteiger partial charge in [0.15, 0.2) is 5.82 Å². The largest absolute Gasteiger partial charge is 0.543 e. The van der Waals surface area contributed by atoms with Crippen molar-refractivity contribution < 1.29 is 22.3 Å². The summed E-state index contributed by atoms with van der Waals surface area (Å²) in [7, 11) is -4.79. The zero-order valence-electron chi connectivity index (χ0n) is 39.4. The van der Waals surface area contributed by atoms with Gasteiger partial charge in [-0.25, -0.2) is 13.2 Å². The summed E-state index contributed by atoms with van der Waals surface area (Å²) in [5.74, 6) is 3.52. The second-order valence-corrected chi connectivity index (χ2v) is 31.4. The maximum absolute atomic E-state index is 18.0. The zero-order chi connectivity index (χ0) is 44.9. The molecule has 7 rings (SSSR count). The van der Waals surface area contributed by atoms with Crippen LogP contribution in [0.5, 0.6) is 11.8 Å². The molecule has 0 unspecified atom stereocenters. The first-order valence-electron chi connectivity index (χ1n) is 23.5. The van der Waals surface area contributed by atoms with Crippen molar-refractivity contribution in [2.45, 2.75) is 167 Å². The summed E-state index contributed by atoms with van der Waals surface area (Å²) in [5, 5.41) is 1.70. The number of benzene rings is 2. The summed E-state index contributed by atoms with van der Waals surface area (Å²) >= 11 is 0. The monoisotopic (exact) mass is 886 g/mol. The van der Waals surface area contributed by atoms with Gasteiger partial charge in [-0.05, 0) is 95.5 Å². The molecule has 3 saturated heterocycles. The lowest BCUT2D eigenvalue weighted by molar-refractivity contribution is 0.107. The summed E-state index contributed by atoms with van der Waals surface area (Å²) < 4.78 is 63.0. The molecule has 12 heteroatoms. The Morgan fingerprint density at radius 2 is 1.48 bits per heavy atom. The van der Waals surface area contributed by atoms with Gasteiger partial charge in [-0.1, -0.05) is 95.1 Å². The van der Waals surface area contributed by atoms with Crippen LogP contribution in [0.1, 0.15) is 127 Å². The minimum atomic E-state index is -2.49. The molecule has 0 spiro atoms. The zero-order valence-corrected chi connectivity index (χ0v) is 41.4. The summed E-state index contributed by atoms with van der Waals surface area (Å²) in [4.78, 5) is 19.0. The lowest BCUT2D eigenvalue weighted by Gasteiger charge is -2.42. The third-order valence-corrected chi connectivity index (χ3v) is 27.4. The molecular weight excluding hydrogens is 816 g/mol. The van der Waals surface area contributed by atoms with Crippen LogP contribution < -0.4 is 14.1 Å². The van der Waals surface area contributed by atoms with Gasteiger partial charge in [-0.15, -0.1) is 5.54 Å². The number of nitrogens with zero attached hydrogens (tertiary/aromatic N) is 5. The van der Waals surface area contributed by atoms with E-state index >= 15 is 8.78 Å². The molecule has 336 valence electrons. The molecule has 2 aromatic heterocycles. The Morgan fingerprint density at radius 1 is 0.823 bits per heavy atom. The van der Waals surface area contributed by atoms with Crippen LogP contribution in [0, 0.1) is 23.1 Å². The molecule has 0 bridgehead atoms. The lowest BCUT2D eigenvalue weighted by atomic mass is 9.95. The highest BCUT2D eigenvalue weighted by Gasteiger charge is 2.50. The molecule has 0 saturated carbocycles. The van der Waals surface area contributed by atoms with Gasteiger partial charge in [0.25, 0.3) is 8.32 Å². The predicted molar refractivity (Wildman–Crippen MR) is 254 cm³/mol. The average Bonchev–Trinajstić information content (AvgIpc) is 3.75. The Bertz CT molecular complexity index is 2290. The van der Waals surface area contributed by atoms with Crippen molar-refractivity contribution in [2.75, 3.05) is 37.7 Å². The van der Waals surface area contributed by atoms with E-state index in [2.05, 4.69) is 104 Å². The number of pyridine rings is 1. The first-order chi connectivity index (χ1) is 29.4. The molecule has 3 aliphatic rings. The van der Waals surface area contributed by atoms with E-state index in [1.165, 1.54) is 6.07 Å². The highest BCUT2D eigenvalue weighted by Crippen LogP contribution is 2.47. The molecule has 0 radical (unpaired) electrons. The Labute approximate surface area is 371 Å². The Kier molecular flexibility index (Phi) is 13.5. The Hall–Kier alpha value is -3.67. The molecule has 0 N–H and O–H groups in total. The Morgan fingerprint density at radius 3 is 2.11 bits per heavy atom. The van der Waals surface area contributed by atoms with Gasteiger partial charge >= 0.3 is 6.01 Å². The molecule has 5 heterocycles. The molecule has 0 aliphatic carbocycles. The highest BCUT2D eigenvalue weighted by atomic mass is 28.4. The number of rotatable bonds is 13. The van der Waals surface area contributed by atoms with E-state index in [1.54, 1.807) is 12.3 Å². The summed E-state index contributed by atoms with van der Waals surface area (Å²) in [6.45, 7) is 29.9. The number of anilines is 1. The van der Waals surface area contributed by atoms with E-state index < -0.39 is 39.7 Å². The van der Waals surface area contributed by atoms with Gasteiger partial charge in [-0.3, -0.25) is 9.88 Å². The van der Waals surface area contributed by atoms with Gasteiger partial charge < -0.3 is 14.1 Å². The van der Waals surface area contributed by atoms with Gasteiger partial charge in [0.05, 0.1) is 16.5 Å². The van der Waals surface area contributed by atoms with Crippen LogP contribution in [0.4, 0.5) is 19.0 Å². The summed E-state index contributed by atoms with van der Waals surface area (Å²) in [6, 6.07) is 7.15. The average molecular weight is 886 g/mol. The van der Waals surface area contributed by atoms with Gasteiger partial charge in [0, 0.05) is 43.2 Å². The second-order valence-electron chi connectivity index (χ2n) is 20.5. The normalized spacial score (nSPS) is 20.1. The van der Waals surface area contributed by atoms with Crippen molar-refractivity contribution in [3.8, 4) is 34.5 Å². The van der Waals surface area contributed by atoms with Gasteiger partial charge in [0.2, 0.25) is 0 Å². The van der Waals surface area contributed by atoms with Crippen LogP contribution in [-0.4, -0.2) is 80.7 Å². The molecular formula is C50H70F3N5O2Si2. The number of aromatic nitrogens is 3. The van der Waals surface area contributed by atoms with Crippen LogP contribution >= 0.6 is 0 Å². The van der Waals surface area contributed by atoms with Crippen molar-refractivity contribution in [3.63, 3.8) is 0 Å². The number of halogens is 3. The number of ether oxygens (including phenoxy) is 1. The second kappa shape index (κ2) is 18.1. The molecule has 3 aliphatic heterocycles. The SMILES string of the molecule is CC(C)[Si](C#Cc1c(F)ccc2cc(O[Si](C(C)C)(C(C)C)C(C)C)cc(-c3ncc4c(N5CCCCC5)nc(OC[C@@]56CCCN5C[C@H](F)C6)nc4c3F)c12)(C(C)C)C(C)C. The fourth-order valence-corrected chi connectivity index (χ4v) is 22.7. The fraction of sp³-hybridized carbons (Fsp3) is 0.620. The maximum Gasteiger partial charge on any atom is 0.319 e. The van der Waals surface area contributed by atoms with E-state index in [0.717, 1.165) is 51.7 Å². The first kappa shape index (κ1) is 46.3. The topological polar surface area (TPSA) is 63.6 Å². The molecule has 2 atom stereocenters. The number of alkyl halides is 1. The van der Waals surface area contributed by atoms with E-state index in [1.807, 2.05) is 12.1 Å². The predicted octanol–water partition coefficient (Wildman–Crippen LogP) is 13.2. The number of piperidine rings is 1. The third kappa shape index (κ3) is 8.17. The fourth-order valence-electron chi connectivity index (χ4n) is 12.2. The van der Waals surface area contributed by atoms with E-state index in [9.17, 15) is 4.39 Å².